The zero-order valence-electron chi connectivity index (χ0n) is 12.2. The van der Waals surface area contributed by atoms with Gasteiger partial charge in [-0.05, 0) is 19.1 Å². The number of benzene rings is 1. The highest BCUT2D eigenvalue weighted by molar-refractivity contribution is 5.84. The maximum atomic E-state index is 5.90. The molecule has 0 saturated heterocycles. The zero-order chi connectivity index (χ0) is 15.1. The second-order valence-corrected chi connectivity index (χ2v) is 5.32. The van der Waals surface area contributed by atoms with Gasteiger partial charge >= 0.3 is 0 Å². The summed E-state index contributed by atoms with van der Waals surface area (Å²) in [5.41, 5.74) is 8.77. The quantitative estimate of drug-likeness (QED) is 0.803. The van der Waals surface area contributed by atoms with E-state index in [-0.39, 0.29) is 12.8 Å². The van der Waals surface area contributed by atoms with Crippen LogP contribution in [0.15, 0.2) is 36.7 Å². The van der Waals surface area contributed by atoms with Gasteiger partial charge in [0.2, 0.25) is 6.79 Å². The monoisotopic (exact) mass is 296 g/mol. The normalized spacial score (nSPS) is 14.5. The predicted molar refractivity (Wildman–Crippen MR) is 82.9 cm³/mol. The summed E-state index contributed by atoms with van der Waals surface area (Å²) < 4.78 is 13.1. The summed E-state index contributed by atoms with van der Waals surface area (Å²) in [5.74, 6) is 2.36. The van der Waals surface area contributed by atoms with Crippen LogP contribution in [0.5, 0.6) is 11.5 Å². The Balaban J connectivity index is 2.00. The lowest BCUT2D eigenvalue weighted by Crippen LogP contribution is -2.16. The van der Waals surface area contributed by atoms with E-state index < -0.39 is 0 Å². The molecular formula is C16H16N4O2. The standard InChI is InChI=1S/C16H16N4O2/c1-10(8-17)20-13-7-15-14(21-9-22-15)6-12(13)19-16(20)11-2-4-18-5-3-11/h2-7,10H,8-9,17H2,1H3. The first-order chi connectivity index (χ1) is 10.8. The van der Waals surface area contributed by atoms with Gasteiger partial charge in [0.05, 0.1) is 11.0 Å². The van der Waals surface area contributed by atoms with Crippen molar-refractivity contribution in [2.45, 2.75) is 13.0 Å². The van der Waals surface area contributed by atoms with Crippen LogP contribution in [-0.2, 0) is 0 Å². The Morgan fingerprint density at radius 2 is 1.95 bits per heavy atom. The van der Waals surface area contributed by atoms with Gasteiger partial charge in [-0.1, -0.05) is 0 Å². The Morgan fingerprint density at radius 1 is 1.23 bits per heavy atom. The molecule has 1 unspecified atom stereocenters. The van der Waals surface area contributed by atoms with E-state index >= 15 is 0 Å². The number of nitrogens with two attached hydrogens (primary N) is 1. The van der Waals surface area contributed by atoms with Gasteiger partial charge in [0.15, 0.2) is 11.5 Å². The summed E-state index contributed by atoms with van der Waals surface area (Å²) in [4.78, 5) is 8.84. The molecule has 22 heavy (non-hydrogen) atoms. The Hall–Kier alpha value is -2.60. The van der Waals surface area contributed by atoms with Gasteiger partial charge in [0, 0.05) is 42.7 Å². The number of aromatic nitrogens is 3. The summed E-state index contributed by atoms with van der Waals surface area (Å²) in [5, 5.41) is 0. The van der Waals surface area contributed by atoms with Gasteiger partial charge < -0.3 is 19.8 Å². The molecule has 0 saturated carbocycles. The van der Waals surface area contributed by atoms with Gasteiger partial charge in [-0.15, -0.1) is 0 Å². The summed E-state index contributed by atoms with van der Waals surface area (Å²) in [7, 11) is 0. The van der Waals surface area contributed by atoms with Crippen molar-refractivity contribution in [1.29, 1.82) is 0 Å². The highest BCUT2D eigenvalue weighted by atomic mass is 16.7. The number of fused-ring (bicyclic) bond motifs is 2. The van der Waals surface area contributed by atoms with E-state index in [9.17, 15) is 0 Å². The van der Waals surface area contributed by atoms with Crippen LogP contribution in [-0.4, -0.2) is 27.9 Å². The van der Waals surface area contributed by atoms with Crippen molar-refractivity contribution in [3.8, 4) is 22.9 Å². The molecular weight excluding hydrogens is 280 g/mol. The van der Waals surface area contributed by atoms with Gasteiger partial charge in [-0.2, -0.15) is 0 Å². The third kappa shape index (κ3) is 1.92. The minimum atomic E-state index is 0.119. The average molecular weight is 296 g/mol. The Kier molecular flexibility index (Phi) is 2.97. The fourth-order valence-corrected chi connectivity index (χ4v) is 2.74. The fraction of sp³-hybridized carbons (Fsp3) is 0.250. The van der Waals surface area contributed by atoms with Crippen LogP contribution >= 0.6 is 0 Å². The van der Waals surface area contributed by atoms with Gasteiger partial charge in [-0.25, -0.2) is 4.98 Å². The Bertz CT molecular complexity index is 829. The number of hydrogen-bond acceptors (Lipinski definition) is 5. The highest BCUT2D eigenvalue weighted by Crippen LogP contribution is 2.38. The molecule has 2 aromatic heterocycles. The molecule has 0 aliphatic carbocycles. The van der Waals surface area contributed by atoms with Gasteiger partial charge in [0.25, 0.3) is 0 Å². The van der Waals surface area contributed by atoms with Crippen LogP contribution in [0, 0.1) is 0 Å². The largest absolute Gasteiger partial charge is 0.454 e. The van der Waals surface area contributed by atoms with Crippen molar-refractivity contribution in [1.82, 2.24) is 14.5 Å². The molecule has 4 rings (SSSR count). The second-order valence-electron chi connectivity index (χ2n) is 5.32. The molecule has 3 aromatic rings. The topological polar surface area (TPSA) is 75.2 Å². The number of ether oxygens (including phenoxy) is 2. The van der Waals surface area contributed by atoms with Crippen molar-refractivity contribution in [2.24, 2.45) is 5.73 Å². The summed E-state index contributed by atoms with van der Waals surface area (Å²) in [6.07, 6.45) is 3.52. The fourth-order valence-electron chi connectivity index (χ4n) is 2.74. The molecule has 0 fully saturated rings. The van der Waals surface area contributed by atoms with Crippen molar-refractivity contribution in [3.05, 3.63) is 36.7 Å². The smallest absolute Gasteiger partial charge is 0.231 e. The maximum absolute atomic E-state index is 5.90. The molecule has 6 nitrogen and oxygen atoms in total. The van der Waals surface area contributed by atoms with E-state index in [2.05, 4.69) is 16.5 Å². The van der Waals surface area contributed by atoms with Crippen LogP contribution in [0.25, 0.3) is 22.4 Å². The average Bonchev–Trinajstić information content (AvgIpc) is 3.16. The third-order valence-electron chi connectivity index (χ3n) is 3.90. The lowest BCUT2D eigenvalue weighted by molar-refractivity contribution is 0.174. The molecule has 0 radical (unpaired) electrons. The Labute approximate surface area is 127 Å². The SMILES string of the molecule is CC(CN)n1c(-c2ccncc2)nc2cc3c(cc21)OCO3. The van der Waals surface area contributed by atoms with E-state index in [1.165, 1.54) is 0 Å². The summed E-state index contributed by atoms with van der Waals surface area (Å²) in [6, 6.07) is 7.90. The van der Waals surface area contributed by atoms with E-state index in [0.717, 1.165) is 33.9 Å². The minimum Gasteiger partial charge on any atom is -0.454 e. The first-order valence-corrected chi connectivity index (χ1v) is 7.20. The molecule has 0 bridgehead atoms. The third-order valence-corrected chi connectivity index (χ3v) is 3.90. The molecule has 1 aromatic carbocycles. The van der Waals surface area contributed by atoms with Crippen LogP contribution < -0.4 is 15.2 Å². The van der Waals surface area contributed by atoms with Crippen LogP contribution in [0.3, 0.4) is 0 Å². The zero-order valence-corrected chi connectivity index (χ0v) is 12.2. The van der Waals surface area contributed by atoms with E-state index in [4.69, 9.17) is 20.2 Å². The van der Waals surface area contributed by atoms with E-state index in [1.54, 1.807) is 12.4 Å². The molecule has 3 heterocycles. The minimum absolute atomic E-state index is 0.119. The molecule has 1 aliphatic rings. The van der Waals surface area contributed by atoms with Crippen LogP contribution in [0.2, 0.25) is 0 Å². The van der Waals surface area contributed by atoms with Crippen molar-refractivity contribution in [3.63, 3.8) is 0 Å². The van der Waals surface area contributed by atoms with Gasteiger partial charge in [-0.3, -0.25) is 4.98 Å². The number of rotatable bonds is 3. The van der Waals surface area contributed by atoms with E-state index in [0.29, 0.717) is 6.54 Å². The summed E-state index contributed by atoms with van der Waals surface area (Å²) in [6.45, 7) is 2.86. The first kappa shape index (κ1) is 13.1. The van der Waals surface area contributed by atoms with Crippen molar-refractivity contribution in [2.75, 3.05) is 13.3 Å². The first-order valence-electron chi connectivity index (χ1n) is 7.20. The molecule has 112 valence electrons. The molecule has 2 N–H and O–H groups in total. The molecule has 1 atom stereocenters. The second kappa shape index (κ2) is 4.99. The van der Waals surface area contributed by atoms with Crippen LogP contribution in [0.4, 0.5) is 0 Å². The number of pyridine rings is 1. The molecule has 0 spiro atoms. The number of imidazole rings is 1. The lowest BCUT2D eigenvalue weighted by atomic mass is 10.2. The lowest BCUT2D eigenvalue weighted by Gasteiger charge is -2.15. The molecule has 0 amide bonds. The summed E-state index contributed by atoms with van der Waals surface area (Å²) >= 11 is 0. The maximum Gasteiger partial charge on any atom is 0.231 e. The van der Waals surface area contributed by atoms with E-state index in [1.807, 2.05) is 24.3 Å². The number of hydrogen-bond donors (Lipinski definition) is 1. The van der Waals surface area contributed by atoms with Gasteiger partial charge in [0.1, 0.15) is 5.82 Å². The van der Waals surface area contributed by atoms with Crippen molar-refractivity contribution < 1.29 is 9.47 Å². The van der Waals surface area contributed by atoms with Crippen molar-refractivity contribution >= 4 is 11.0 Å². The molecule has 1 aliphatic heterocycles. The Morgan fingerprint density at radius 3 is 2.68 bits per heavy atom. The predicted octanol–water partition coefficient (Wildman–Crippen LogP) is 2.35. The highest BCUT2D eigenvalue weighted by Gasteiger charge is 2.21. The molecule has 6 heteroatoms. The number of nitrogens with zero attached hydrogens (tertiary/aromatic N) is 3. The van der Waals surface area contributed by atoms with Crippen LogP contribution in [0.1, 0.15) is 13.0 Å².